The van der Waals surface area contributed by atoms with Crippen LogP contribution >= 0.6 is 11.6 Å². The molecule has 1 aromatic heterocycles. The number of piperazine rings is 1. The fourth-order valence-corrected chi connectivity index (χ4v) is 4.13. The predicted molar refractivity (Wildman–Crippen MR) is 103 cm³/mol. The summed E-state index contributed by atoms with van der Waals surface area (Å²) < 4.78 is 17.3. The summed E-state index contributed by atoms with van der Waals surface area (Å²) in [4.78, 5) is 26.0. The summed E-state index contributed by atoms with van der Waals surface area (Å²) in [5.41, 5.74) is -0.612. The Kier molecular flexibility index (Phi) is 4.60. The Morgan fingerprint density at radius 1 is 1.44 bits per heavy atom. The number of nitrogens with one attached hydrogen (secondary N) is 1. The molecule has 0 amide bonds. The van der Waals surface area contributed by atoms with Gasteiger partial charge in [-0.15, -0.1) is 0 Å². The minimum atomic E-state index is -1.32. The minimum absolute atomic E-state index is 0.0149. The second-order valence-corrected chi connectivity index (χ2v) is 7.65. The van der Waals surface area contributed by atoms with Crippen molar-refractivity contribution in [1.29, 1.82) is 0 Å². The molecule has 2 aromatic rings. The highest BCUT2D eigenvalue weighted by molar-refractivity contribution is 6.34. The Morgan fingerprint density at radius 3 is 2.81 bits per heavy atom. The van der Waals surface area contributed by atoms with Crippen molar-refractivity contribution in [2.45, 2.75) is 38.3 Å². The lowest BCUT2D eigenvalue weighted by Crippen LogP contribution is -2.50. The first-order chi connectivity index (χ1) is 12.9. The number of anilines is 1. The van der Waals surface area contributed by atoms with Gasteiger partial charge in [-0.25, -0.2) is 9.18 Å². The van der Waals surface area contributed by atoms with E-state index in [4.69, 9.17) is 11.6 Å². The molecule has 1 unspecified atom stereocenters. The molecule has 2 N–H and O–H groups in total. The van der Waals surface area contributed by atoms with Crippen molar-refractivity contribution in [2.75, 3.05) is 24.5 Å². The topological polar surface area (TPSA) is 74.6 Å². The number of aromatic nitrogens is 1. The van der Waals surface area contributed by atoms with Gasteiger partial charge in [0.1, 0.15) is 5.56 Å². The van der Waals surface area contributed by atoms with Crippen molar-refractivity contribution in [3.05, 3.63) is 38.9 Å². The van der Waals surface area contributed by atoms with E-state index in [0.717, 1.165) is 25.8 Å². The average molecular weight is 394 g/mol. The summed E-state index contributed by atoms with van der Waals surface area (Å²) >= 11 is 6.39. The molecular formula is C19H21ClFN3O3. The quantitative estimate of drug-likeness (QED) is 0.835. The SMILES string of the molecule is CCC1CN(c2c(Cl)cc3c(=O)c(C(=O)O)cn(C4CC4)c3c2F)CCN1. The number of benzene rings is 1. The molecule has 2 fully saturated rings. The molecule has 1 saturated heterocycles. The van der Waals surface area contributed by atoms with Crippen LogP contribution in [0.5, 0.6) is 0 Å². The van der Waals surface area contributed by atoms with Crippen LogP contribution in [0.2, 0.25) is 5.02 Å². The van der Waals surface area contributed by atoms with Crippen LogP contribution in [0.1, 0.15) is 42.6 Å². The van der Waals surface area contributed by atoms with Gasteiger partial charge in [0.05, 0.1) is 21.6 Å². The van der Waals surface area contributed by atoms with Crippen molar-refractivity contribution in [3.63, 3.8) is 0 Å². The summed E-state index contributed by atoms with van der Waals surface area (Å²) in [6, 6.07) is 1.68. The van der Waals surface area contributed by atoms with Gasteiger partial charge in [0, 0.05) is 37.9 Å². The van der Waals surface area contributed by atoms with Crippen LogP contribution in [-0.4, -0.2) is 41.3 Å². The highest BCUT2D eigenvalue weighted by atomic mass is 35.5. The second-order valence-electron chi connectivity index (χ2n) is 7.24. The third kappa shape index (κ3) is 3.08. The summed E-state index contributed by atoms with van der Waals surface area (Å²) in [5.74, 6) is -1.86. The molecule has 27 heavy (non-hydrogen) atoms. The van der Waals surface area contributed by atoms with E-state index >= 15 is 4.39 Å². The summed E-state index contributed by atoms with van der Waals surface area (Å²) in [6.07, 6.45) is 3.86. The van der Waals surface area contributed by atoms with Gasteiger partial charge in [0.25, 0.3) is 0 Å². The van der Waals surface area contributed by atoms with Gasteiger partial charge < -0.3 is 19.9 Å². The number of carboxylic acid groups (broad SMARTS) is 1. The molecule has 6 nitrogen and oxygen atoms in total. The van der Waals surface area contributed by atoms with E-state index in [1.54, 1.807) is 4.57 Å². The van der Waals surface area contributed by atoms with E-state index in [1.165, 1.54) is 12.3 Å². The van der Waals surface area contributed by atoms with Gasteiger partial charge >= 0.3 is 5.97 Å². The number of halogens is 2. The highest BCUT2D eigenvalue weighted by Crippen LogP contribution is 2.41. The van der Waals surface area contributed by atoms with E-state index in [2.05, 4.69) is 12.2 Å². The first kappa shape index (κ1) is 18.3. The maximum atomic E-state index is 15.7. The zero-order valence-corrected chi connectivity index (χ0v) is 15.7. The molecule has 0 spiro atoms. The molecule has 144 valence electrons. The lowest BCUT2D eigenvalue weighted by atomic mass is 10.1. The number of fused-ring (bicyclic) bond motifs is 1. The van der Waals surface area contributed by atoms with Gasteiger partial charge in [0.15, 0.2) is 5.82 Å². The number of hydrogen-bond donors (Lipinski definition) is 2. The first-order valence-corrected chi connectivity index (χ1v) is 9.58. The molecule has 1 atom stereocenters. The van der Waals surface area contributed by atoms with Crippen LogP contribution < -0.4 is 15.6 Å². The molecule has 2 heterocycles. The molecule has 1 aliphatic heterocycles. The number of carbonyl (C=O) groups is 1. The van der Waals surface area contributed by atoms with Crippen LogP contribution in [0, 0.1) is 5.82 Å². The summed E-state index contributed by atoms with van der Waals surface area (Å²) in [5, 5.41) is 12.9. The number of aromatic carboxylic acids is 1. The van der Waals surface area contributed by atoms with E-state index in [9.17, 15) is 14.7 Å². The molecule has 1 aliphatic carbocycles. The molecule has 1 saturated carbocycles. The van der Waals surface area contributed by atoms with Gasteiger partial charge in [0.2, 0.25) is 5.43 Å². The summed E-state index contributed by atoms with van der Waals surface area (Å²) in [6.45, 7) is 4.02. The Labute approximate surface area is 160 Å². The molecular weight excluding hydrogens is 373 g/mol. The molecule has 2 aliphatic rings. The van der Waals surface area contributed by atoms with Crippen molar-refractivity contribution < 1.29 is 14.3 Å². The van der Waals surface area contributed by atoms with Crippen LogP contribution in [0.4, 0.5) is 10.1 Å². The number of nitrogens with zero attached hydrogens (tertiary/aromatic N) is 2. The number of hydrogen-bond acceptors (Lipinski definition) is 4. The average Bonchev–Trinajstić information content (AvgIpc) is 3.47. The van der Waals surface area contributed by atoms with E-state index in [0.29, 0.717) is 18.8 Å². The molecule has 0 radical (unpaired) electrons. The van der Waals surface area contributed by atoms with E-state index in [1.807, 2.05) is 4.90 Å². The monoisotopic (exact) mass is 393 g/mol. The summed E-state index contributed by atoms with van der Waals surface area (Å²) in [7, 11) is 0. The van der Waals surface area contributed by atoms with Crippen molar-refractivity contribution in [2.24, 2.45) is 0 Å². The molecule has 4 rings (SSSR count). The minimum Gasteiger partial charge on any atom is -0.477 e. The Hall–Kier alpha value is -2.12. The van der Waals surface area contributed by atoms with Gasteiger partial charge in [-0.05, 0) is 25.3 Å². The van der Waals surface area contributed by atoms with Gasteiger partial charge in [-0.2, -0.15) is 0 Å². The van der Waals surface area contributed by atoms with Gasteiger partial charge in [-0.3, -0.25) is 4.79 Å². The van der Waals surface area contributed by atoms with Crippen molar-refractivity contribution in [1.82, 2.24) is 9.88 Å². The molecule has 1 aromatic carbocycles. The zero-order chi connectivity index (χ0) is 19.3. The Bertz CT molecular complexity index is 987. The largest absolute Gasteiger partial charge is 0.477 e. The lowest BCUT2D eigenvalue weighted by molar-refractivity contribution is 0.0695. The Balaban J connectivity index is 1.95. The van der Waals surface area contributed by atoms with Crippen LogP contribution in [0.15, 0.2) is 17.1 Å². The maximum absolute atomic E-state index is 15.7. The van der Waals surface area contributed by atoms with E-state index < -0.39 is 17.2 Å². The normalized spacial score (nSPS) is 20.3. The maximum Gasteiger partial charge on any atom is 0.341 e. The predicted octanol–water partition coefficient (Wildman–Crippen LogP) is 3.02. The fourth-order valence-electron chi connectivity index (χ4n) is 3.82. The standard InChI is InChI=1S/C19H21ClFN3O3/c1-2-10-8-23(6-5-22-10)17-14(20)7-12-16(15(17)21)24(11-3-4-11)9-13(18(12)25)19(26)27/h7,9-11,22H,2-6,8H2,1H3,(H,26,27). The first-order valence-electron chi connectivity index (χ1n) is 9.20. The Morgan fingerprint density at radius 2 is 2.19 bits per heavy atom. The zero-order valence-electron chi connectivity index (χ0n) is 15.0. The highest BCUT2D eigenvalue weighted by Gasteiger charge is 2.31. The second kappa shape index (κ2) is 6.80. The number of carboxylic acids is 1. The smallest absolute Gasteiger partial charge is 0.341 e. The number of pyridine rings is 1. The number of rotatable bonds is 4. The molecule has 8 heteroatoms. The third-order valence-electron chi connectivity index (χ3n) is 5.42. The lowest BCUT2D eigenvalue weighted by Gasteiger charge is -2.35. The third-order valence-corrected chi connectivity index (χ3v) is 5.71. The molecule has 0 bridgehead atoms. The van der Waals surface area contributed by atoms with Crippen LogP contribution in [-0.2, 0) is 0 Å². The van der Waals surface area contributed by atoms with Crippen LogP contribution in [0.25, 0.3) is 10.9 Å². The van der Waals surface area contributed by atoms with E-state index in [-0.39, 0.29) is 33.6 Å². The fraction of sp³-hybridized carbons (Fsp3) is 0.474. The van der Waals surface area contributed by atoms with Crippen LogP contribution in [0.3, 0.4) is 0 Å². The van der Waals surface area contributed by atoms with Crippen molar-refractivity contribution in [3.8, 4) is 0 Å². The van der Waals surface area contributed by atoms with Gasteiger partial charge in [-0.1, -0.05) is 18.5 Å². The van der Waals surface area contributed by atoms with Crippen molar-refractivity contribution >= 4 is 34.2 Å².